The Morgan fingerprint density at radius 1 is 1.21 bits per heavy atom. The summed E-state index contributed by atoms with van der Waals surface area (Å²) in [7, 11) is 0.0941. The molecule has 0 heterocycles. The minimum absolute atomic E-state index is 0. The van der Waals surface area contributed by atoms with Gasteiger partial charge in [0.25, 0.3) is 0 Å². The molecule has 1 N–H and O–H groups in total. The SMILES string of the molecule is C=CCOCC(O)C[S+](C)CC[C@H](CC(C)(C)C)C(=O)C(C)(C)C.O=C=O.[CH3-]. The van der Waals surface area contributed by atoms with Crippen molar-refractivity contribution in [3.05, 3.63) is 20.1 Å². The number of ether oxygens (including phenoxy) is 1. The molecule has 0 aliphatic rings. The van der Waals surface area contributed by atoms with Crippen LogP contribution < -0.4 is 0 Å². The lowest BCUT2D eigenvalue weighted by atomic mass is 9.75. The van der Waals surface area contributed by atoms with Crippen molar-refractivity contribution in [3.8, 4) is 0 Å². The molecular formula is C22H42O5S. The third-order valence-corrected chi connectivity index (χ3v) is 5.69. The van der Waals surface area contributed by atoms with Gasteiger partial charge in [-0.15, -0.1) is 6.58 Å². The number of aliphatic hydroxyl groups is 1. The van der Waals surface area contributed by atoms with E-state index in [0.717, 1.165) is 24.3 Å². The zero-order valence-corrected chi connectivity index (χ0v) is 20.0. The standard InChI is InChI=1S/C20H39O3S.CO2.CH3/c1-9-11-23-14-17(21)15-24(8)12-10-16(13-19(2,3)4)18(22)20(5,6)7;2-1-3;/h9,16-17,21H,1,10-15H2,2-8H3;;1H3/q+1;;-1/t16-,17?,24?;;/m1../s1. The number of aliphatic hydroxyl groups excluding tert-OH is 1. The number of hydrogen-bond acceptors (Lipinski definition) is 5. The average Bonchev–Trinajstić information content (AvgIpc) is 2.49. The molecule has 6 heteroatoms. The van der Waals surface area contributed by atoms with Crippen LogP contribution in [0.3, 0.4) is 0 Å². The van der Waals surface area contributed by atoms with Gasteiger partial charge in [0.15, 0.2) is 0 Å². The fourth-order valence-electron chi connectivity index (χ4n) is 2.77. The van der Waals surface area contributed by atoms with Crippen molar-refractivity contribution in [2.45, 2.75) is 60.5 Å². The lowest BCUT2D eigenvalue weighted by Gasteiger charge is -2.29. The van der Waals surface area contributed by atoms with E-state index in [0.29, 0.717) is 19.0 Å². The number of ketones is 1. The normalized spacial score (nSPS) is 14.4. The Bertz CT molecular complexity index is 457. The Labute approximate surface area is 175 Å². The molecule has 166 valence electrons. The van der Waals surface area contributed by atoms with Crippen LogP contribution in [-0.2, 0) is 30.0 Å². The van der Waals surface area contributed by atoms with Crippen molar-refractivity contribution in [1.29, 1.82) is 0 Å². The number of hydrogen-bond donors (Lipinski definition) is 1. The Morgan fingerprint density at radius 2 is 1.71 bits per heavy atom. The molecule has 0 fully saturated rings. The maximum Gasteiger partial charge on any atom is 0.373 e. The van der Waals surface area contributed by atoms with Crippen LogP contribution in [-0.4, -0.2) is 54.1 Å². The van der Waals surface area contributed by atoms with Gasteiger partial charge in [-0.05, 0) is 22.7 Å². The molecule has 0 aromatic heterocycles. The van der Waals surface area contributed by atoms with E-state index in [1.807, 2.05) is 20.8 Å². The smallest absolute Gasteiger partial charge is 0.373 e. The molecule has 0 saturated carbocycles. The summed E-state index contributed by atoms with van der Waals surface area (Å²) < 4.78 is 5.30. The molecule has 0 aliphatic heterocycles. The summed E-state index contributed by atoms with van der Waals surface area (Å²) in [4.78, 5) is 29.0. The van der Waals surface area contributed by atoms with Crippen molar-refractivity contribution in [1.82, 2.24) is 0 Å². The van der Waals surface area contributed by atoms with Gasteiger partial charge in [0.05, 0.1) is 19.5 Å². The minimum atomic E-state index is -0.433. The molecule has 0 aliphatic carbocycles. The van der Waals surface area contributed by atoms with Gasteiger partial charge in [-0.1, -0.05) is 47.6 Å². The van der Waals surface area contributed by atoms with Gasteiger partial charge in [0, 0.05) is 17.8 Å². The molecule has 0 bridgehead atoms. The first-order valence-corrected chi connectivity index (χ1v) is 11.2. The van der Waals surface area contributed by atoms with Crippen LogP contribution in [0.5, 0.6) is 0 Å². The first-order chi connectivity index (χ1) is 12.3. The Kier molecular flexibility index (Phi) is 18.1. The van der Waals surface area contributed by atoms with Gasteiger partial charge >= 0.3 is 6.15 Å². The van der Waals surface area contributed by atoms with E-state index in [-0.39, 0.29) is 41.2 Å². The summed E-state index contributed by atoms with van der Waals surface area (Å²) in [5, 5.41) is 10.0. The molecule has 3 atom stereocenters. The average molecular weight is 419 g/mol. The highest BCUT2D eigenvalue weighted by Gasteiger charge is 2.33. The molecule has 0 spiro atoms. The molecule has 0 aromatic carbocycles. The van der Waals surface area contributed by atoms with Crippen LogP contribution in [0.2, 0.25) is 0 Å². The zero-order chi connectivity index (χ0) is 21.7. The first kappa shape index (κ1) is 31.7. The van der Waals surface area contributed by atoms with E-state index in [4.69, 9.17) is 14.3 Å². The van der Waals surface area contributed by atoms with Crippen LogP contribution in [0.25, 0.3) is 0 Å². The molecular weight excluding hydrogens is 376 g/mol. The van der Waals surface area contributed by atoms with E-state index in [1.54, 1.807) is 6.08 Å². The van der Waals surface area contributed by atoms with Crippen molar-refractivity contribution in [2.75, 3.05) is 31.0 Å². The van der Waals surface area contributed by atoms with E-state index < -0.39 is 6.10 Å². The van der Waals surface area contributed by atoms with Crippen LogP contribution in [0.1, 0.15) is 54.4 Å². The third-order valence-electron chi connectivity index (χ3n) is 3.81. The fraction of sp³-hybridized carbons (Fsp3) is 0.773. The molecule has 5 nitrogen and oxygen atoms in total. The molecule has 2 unspecified atom stereocenters. The lowest BCUT2D eigenvalue weighted by Crippen LogP contribution is -2.33. The Morgan fingerprint density at radius 3 is 2.11 bits per heavy atom. The van der Waals surface area contributed by atoms with Crippen LogP contribution in [0, 0.1) is 24.2 Å². The minimum Gasteiger partial charge on any atom is -0.386 e. The molecule has 0 rings (SSSR count). The summed E-state index contributed by atoms with van der Waals surface area (Å²) in [6.07, 6.45) is 5.51. The highest BCUT2D eigenvalue weighted by Crippen LogP contribution is 2.32. The van der Waals surface area contributed by atoms with Crippen molar-refractivity contribution >= 4 is 22.8 Å². The highest BCUT2D eigenvalue weighted by atomic mass is 32.2. The quantitative estimate of drug-likeness (QED) is 0.239. The number of carbonyl (C=O) groups is 1. The lowest BCUT2D eigenvalue weighted by molar-refractivity contribution is -0.191. The highest BCUT2D eigenvalue weighted by molar-refractivity contribution is 7.96. The topological polar surface area (TPSA) is 80.7 Å². The molecule has 0 amide bonds. The van der Waals surface area contributed by atoms with Gasteiger partial charge in [-0.25, -0.2) is 0 Å². The van der Waals surface area contributed by atoms with Crippen LogP contribution >= 0.6 is 0 Å². The molecule has 28 heavy (non-hydrogen) atoms. The number of rotatable bonds is 11. The van der Waals surface area contributed by atoms with Crippen molar-refractivity contribution < 1.29 is 24.2 Å². The molecule has 0 radical (unpaired) electrons. The van der Waals surface area contributed by atoms with E-state index in [9.17, 15) is 9.90 Å². The van der Waals surface area contributed by atoms with Gasteiger partial charge in [0.1, 0.15) is 23.4 Å². The second-order valence-corrected chi connectivity index (χ2v) is 11.4. The predicted molar refractivity (Wildman–Crippen MR) is 118 cm³/mol. The summed E-state index contributed by atoms with van der Waals surface area (Å²) >= 11 is 0. The summed E-state index contributed by atoms with van der Waals surface area (Å²) in [6, 6.07) is 0. The molecule has 0 saturated heterocycles. The zero-order valence-electron chi connectivity index (χ0n) is 19.2. The van der Waals surface area contributed by atoms with E-state index in [2.05, 4.69) is 33.6 Å². The Balaban J connectivity index is -0.00000146. The summed E-state index contributed by atoms with van der Waals surface area (Å²) in [5.41, 5.74) is -0.143. The number of Topliss-reactive ketones (excluding diaryl/α,β-unsaturated/α-hetero) is 1. The van der Waals surface area contributed by atoms with E-state index >= 15 is 0 Å². The fourth-order valence-corrected chi connectivity index (χ4v) is 4.37. The first-order valence-electron chi connectivity index (χ1n) is 9.28. The van der Waals surface area contributed by atoms with Crippen molar-refractivity contribution in [2.24, 2.45) is 16.7 Å². The van der Waals surface area contributed by atoms with Gasteiger partial charge < -0.3 is 17.3 Å². The monoisotopic (exact) mass is 418 g/mol. The second kappa shape index (κ2) is 15.9. The van der Waals surface area contributed by atoms with Gasteiger partial charge in [-0.3, -0.25) is 4.79 Å². The number of carbonyl (C=O) groups excluding carboxylic acids is 3. The Hall–Kier alpha value is -0.940. The summed E-state index contributed by atoms with van der Waals surface area (Å²) in [5.74, 6) is 2.20. The maximum atomic E-state index is 12.8. The largest absolute Gasteiger partial charge is 0.386 e. The van der Waals surface area contributed by atoms with Gasteiger partial charge in [0.2, 0.25) is 0 Å². The van der Waals surface area contributed by atoms with Crippen molar-refractivity contribution in [3.63, 3.8) is 0 Å². The predicted octanol–water partition coefficient (Wildman–Crippen LogP) is 3.72. The van der Waals surface area contributed by atoms with Gasteiger partial charge in [-0.2, -0.15) is 9.59 Å². The van der Waals surface area contributed by atoms with Crippen LogP contribution in [0.4, 0.5) is 0 Å². The third kappa shape index (κ3) is 18.4. The van der Waals surface area contributed by atoms with E-state index in [1.165, 1.54) is 0 Å². The maximum absolute atomic E-state index is 12.8. The summed E-state index contributed by atoms with van der Waals surface area (Å²) in [6.45, 7) is 17.1. The second-order valence-electron chi connectivity index (χ2n) is 9.08. The van der Waals surface area contributed by atoms with Crippen LogP contribution in [0.15, 0.2) is 12.7 Å². The molecule has 0 aromatic rings.